The molecule has 1 heterocycles. The second kappa shape index (κ2) is 18.1. The Morgan fingerprint density at radius 2 is 1.54 bits per heavy atom. The number of carbonyl (C=O) groups excluding carboxylic acids is 2. The lowest BCUT2D eigenvalue weighted by Gasteiger charge is -2.31. The lowest BCUT2D eigenvalue weighted by Crippen LogP contribution is -2.39. The normalized spacial score (nSPS) is 13.3. The molecule has 11 heteroatoms. The molecule has 1 aliphatic heterocycles. The van der Waals surface area contributed by atoms with Gasteiger partial charge in [-0.15, -0.1) is 0 Å². The number of nitrogens with one attached hydrogen (secondary N) is 3. The van der Waals surface area contributed by atoms with Crippen LogP contribution in [0.25, 0.3) is 11.1 Å². The second-order valence-electron chi connectivity index (χ2n) is 11.2. The van der Waals surface area contributed by atoms with Crippen LogP contribution >= 0.6 is 11.6 Å². The Bertz CT molecular complexity index is 1650. The quantitative estimate of drug-likeness (QED) is 0.127. The first-order valence-electron chi connectivity index (χ1n) is 16.0. The zero-order valence-electron chi connectivity index (χ0n) is 27.1. The van der Waals surface area contributed by atoms with Crippen molar-refractivity contribution < 1.29 is 28.2 Å². The highest BCUT2D eigenvalue weighted by atomic mass is 35.5. The van der Waals surface area contributed by atoms with Crippen LogP contribution in [0.1, 0.15) is 44.2 Å². The number of carbonyl (C=O) groups is 2. The highest BCUT2D eigenvalue weighted by Gasteiger charge is 2.24. The molecule has 5 rings (SSSR count). The van der Waals surface area contributed by atoms with Gasteiger partial charge in [-0.1, -0.05) is 61.8 Å². The summed E-state index contributed by atoms with van der Waals surface area (Å²) in [4.78, 5) is 27.4. The third-order valence-electron chi connectivity index (χ3n) is 7.71. The van der Waals surface area contributed by atoms with Crippen LogP contribution in [0.15, 0.2) is 84.9 Å². The van der Waals surface area contributed by atoms with Crippen molar-refractivity contribution in [3.8, 4) is 16.9 Å². The fraction of sp³-hybridized carbons (Fsp3) is 0.297. The molecule has 1 aliphatic rings. The Morgan fingerprint density at radius 1 is 0.896 bits per heavy atom. The molecule has 254 valence electrons. The van der Waals surface area contributed by atoms with Gasteiger partial charge in [0.25, 0.3) is 0 Å². The van der Waals surface area contributed by atoms with E-state index in [-0.39, 0.29) is 29.0 Å². The van der Waals surface area contributed by atoms with Crippen LogP contribution in [0.3, 0.4) is 0 Å². The van der Waals surface area contributed by atoms with E-state index in [9.17, 15) is 23.5 Å². The molecule has 0 spiro atoms. The van der Waals surface area contributed by atoms with Gasteiger partial charge in [0.1, 0.15) is 23.5 Å². The lowest BCUT2D eigenvalue weighted by molar-refractivity contribution is -0.116. The number of halogens is 3. The third-order valence-corrected chi connectivity index (χ3v) is 7.95. The number of hydrogen-bond acceptors (Lipinski definition) is 6. The van der Waals surface area contributed by atoms with Crippen molar-refractivity contribution in [2.24, 2.45) is 0 Å². The van der Waals surface area contributed by atoms with Crippen LogP contribution in [0, 0.1) is 11.6 Å². The van der Waals surface area contributed by atoms with E-state index in [1.807, 2.05) is 50.2 Å². The molecule has 0 unspecified atom stereocenters. The third kappa shape index (κ3) is 11.0. The largest absolute Gasteiger partial charge is 0.508 e. The van der Waals surface area contributed by atoms with Gasteiger partial charge in [-0.05, 0) is 72.0 Å². The smallest absolute Gasteiger partial charge is 0.412 e. The number of anilines is 2. The number of likely N-dealkylation sites (tertiary alicyclic amines) is 1. The highest BCUT2D eigenvalue weighted by molar-refractivity contribution is 6.30. The summed E-state index contributed by atoms with van der Waals surface area (Å²) in [6.45, 7) is 7.18. The van der Waals surface area contributed by atoms with E-state index in [0.29, 0.717) is 68.6 Å². The molecule has 0 aromatic heterocycles. The number of phenolic OH excluding ortho intramolecular Hbond substituents is 1. The van der Waals surface area contributed by atoms with Crippen LogP contribution in [-0.4, -0.2) is 47.7 Å². The maximum Gasteiger partial charge on any atom is 0.412 e. The van der Waals surface area contributed by atoms with Crippen molar-refractivity contribution in [3.63, 3.8) is 0 Å². The van der Waals surface area contributed by atoms with E-state index in [0.717, 1.165) is 22.9 Å². The van der Waals surface area contributed by atoms with Gasteiger partial charge in [-0.3, -0.25) is 10.1 Å². The molecular weight excluding hydrogens is 638 g/mol. The molecule has 8 nitrogen and oxygen atoms in total. The van der Waals surface area contributed by atoms with E-state index >= 15 is 0 Å². The van der Waals surface area contributed by atoms with E-state index in [1.54, 1.807) is 36.4 Å². The maximum atomic E-state index is 14.7. The first-order valence-corrected chi connectivity index (χ1v) is 16.4. The number of hydrogen-bond donors (Lipinski definition) is 4. The van der Waals surface area contributed by atoms with E-state index in [4.69, 9.17) is 16.3 Å². The standard InChI is InChI=1S/C35H35ClF2N4O4.C2H6/c36-26-3-1-2-25(18-26)31-19-27(37)20-32(38)34(31)41-35(45)46-30-12-15-42(16-13-30)17-14-33(44)40-28-8-4-23(5-9-28)21-39-22-24-6-10-29(43)11-7-24;1-2/h1-11,18-20,30,39,43H,12-17,21-22H2,(H,40,44)(H,41,45);1-2H3. The number of ether oxygens (including phenoxy) is 1. The van der Waals surface area contributed by atoms with Gasteiger partial charge < -0.3 is 25.4 Å². The van der Waals surface area contributed by atoms with Crippen molar-refractivity contribution >= 4 is 35.0 Å². The van der Waals surface area contributed by atoms with Crippen molar-refractivity contribution in [2.75, 3.05) is 30.3 Å². The average Bonchev–Trinajstić information content (AvgIpc) is 3.08. The average molecular weight is 679 g/mol. The van der Waals surface area contributed by atoms with Gasteiger partial charge in [-0.2, -0.15) is 0 Å². The predicted octanol–water partition coefficient (Wildman–Crippen LogP) is 8.35. The lowest BCUT2D eigenvalue weighted by atomic mass is 10.0. The number of amides is 2. The molecule has 0 bridgehead atoms. The molecular formula is C37H41ClF2N4O4. The first-order chi connectivity index (χ1) is 23.2. The minimum atomic E-state index is -0.921. The summed E-state index contributed by atoms with van der Waals surface area (Å²) in [5.41, 5.74) is 3.30. The van der Waals surface area contributed by atoms with Gasteiger partial charge in [0.05, 0.1) is 5.69 Å². The van der Waals surface area contributed by atoms with E-state index in [1.165, 1.54) is 0 Å². The molecule has 4 aromatic carbocycles. The number of piperidine rings is 1. The Hall–Kier alpha value is -4.51. The molecule has 1 saturated heterocycles. The monoisotopic (exact) mass is 678 g/mol. The molecule has 1 fully saturated rings. The number of phenols is 1. The number of nitrogens with zero attached hydrogens (tertiary/aromatic N) is 1. The van der Waals surface area contributed by atoms with Crippen molar-refractivity contribution in [3.05, 3.63) is 113 Å². The summed E-state index contributed by atoms with van der Waals surface area (Å²) in [5.74, 6) is -1.55. The number of aromatic hydroxyl groups is 1. The molecule has 0 atom stereocenters. The Labute approximate surface area is 285 Å². The zero-order chi connectivity index (χ0) is 34.5. The molecule has 4 aromatic rings. The van der Waals surface area contributed by atoms with Crippen LogP contribution in [-0.2, 0) is 22.6 Å². The molecule has 0 aliphatic carbocycles. The Morgan fingerprint density at radius 3 is 2.19 bits per heavy atom. The molecule has 48 heavy (non-hydrogen) atoms. The maximum absolute atomic E-state index is 14.7. The summed E-state index contributed by atoms with van der Waals surface area (Å²) in [6.07, 6.45) is 0.232. The summed E-state index contributed by atoms with van der Waals surface area (Å²) in [7, 11) is 0. The summed E-state index contributed by atoms with van der Waals surface area (Å²) in [6, 6.07) is 23.1. The van der Waals surface area contributed by atoms with E-state index in [2.05, 4.69) is 20.9 Å². The Balaban J connectivity index is 0.00000255. The minimum Gasteiger partial charge on any atom is -0.508 e. The topological polar surface area (TPSA) is 103 Å². The minimum absolute atomic E-state index is 0.0900. The van der Waals surface area contributed by atoms with Crippen molar-refractivity contribution in [1.82, 2.24) is 10.2 Å². The summed E-state index contributed by atoms with van der Waals surface area (Å²) >= 11 is 6.05. The van der Waals surface area contributed by atoms with Gasteiger partial charge in [-0.25, -0.2) is 13.6 Å². The van der Waals surface area contributed by atoms with Gasteiger partial charge in [0.15, 0.2) is 0 Å². The van der Waals surface area contributed by atoms with Gasteiger partial charge >= 0.3 is 6.09 Å². The van der Waals surface area contributed by atoms with Crippen molar-refractivity contribution in [2.45, 2.75) is 52.3 Å². The van der Waals surface area contributed by atoms with Crippen molar-refractivity contribution in [1.29, 1.82) is 0 Å². The fourth-order valence-corrected chi connectivity index (χ4v) is 5.46. The van der Waals surface area contributed by atoms with Crippen LogP contribution in [0.5, 0.6) is 5.75 Å². The van der Waals surface area contributed by atoms with E-state index < -0.39 is 17.7 Å². The molecule has 2 amide bonds. The van der Waals surface area contributed by atoms with Gasteiger partial charge in [0.2, 0.25) is 5.91 Å². The Kier molecular flexibility index (Phi) is 13.7. The molecule has 0 radical (unpaired) electrons. The van der Waals surface area contributed by atoms with Crippen LogP contribution in [0.4, 0.5) is 25.0 Å². The van der Waals surface area contributed by atoms with Gasteiger partial charge in [0, 0.05) is 61.5 Å². The van der Waals surface area contributed by atoms with Crippen LogP contribution < -0.4 is 16.0 Å². The second-order valence-corrected chi connectivity index (χ2v) is 11.6. The highest BCUT2D eigenvalue weighted by Crippen LogP contribution is 2.33. The SMILES string of the molecule is CC.O=C(CCN1CCC(OC(=O)Nc2c(F)cc(F)cc2-c2cccc(Cl)c2)CC1)Nc1ccc(CNCc2ccc(O)cc2)cc1. The first kappa shape index (κ1) is 36.3. The molecule has 0 saturated carbocycles. The number of benzene rings is 4. The fourth-order valence-electron chi connectivity index (χ4n) is 5.27. The molecule has 4 N–H and O–H groups in total. The zero-order valence-corrected chi connectivity index (χ0v) is 27.8. The van der Waals surface area contributed by atoms with Crippen LogP contribution in [0.2, 0.25) is 5.02 Å². The summed E-state index contributed by atoms with van der Waals surface area (Å²) < 4.78 is 34.3. The number of rotatable bonds is 11. The summed E-state index contributed by atoms with van der Waals surface area (Å²) in [5, 5.41) is 18.5. The predicted molar refractivity (Wildman–Crippen MR) is 186 cm³/mol.